The van der Waals surface area contributed by atoms with Crippen LogP contribution in [0.3, 0.4) is 0 Å². The van der Waals surface area contributed by atoms with Gasteiger partial charge in [0.2, 0.25) is 0 Å². The number of hydrogen-bond donors (Lipinski definition) is 0. The lowest BCUT2D eigenvalue weighted by Gasteiger charge is -2.63. The fourth-order valence-electron chi connectivity index (χ4n) is 9.63. The average molecular weight is 497 g/mol. The highest BCUT2D eigenvalue weighted by Crippen LogP contribution is 2.69. The number of fused-ring (bicyclic) bond motifs is 7. The molecular formula is C32H48O4. The van der Waals surface area contributed by atoms with E-state index < -0.39 is 5.41 Å². The van der Waals surface area contributed by atoms with Crippen molar-refractivity contribution < 1.29 is 19.1 Å². The second-order valence-corrected chi connectivity index (χ2v) is 13.6. The summed E-state index contributed by atoms with van der Waals surface area (Å²) in [4.78, 5) is 40.1. The van der Waals surface area contributed by atoms with E-state index >= 15 is 0 Å². The van der Waals surface area contributed by atoms with Gasteiger partial charge in [0.25, 0.3) is 0 Å². The van der Waals surface area contributed by atoms with Crippen LogP contribution in [0.4, 0.5) is 0 Å². The standard InChI is InChI=1S/C30H42O4.C2H6/c1-17-15-29(6)19(18(2)25(17)32)8-10-28(5)20-9-11-30(26(33)34-7)13-12-27(3,4)16-21(30)24(20)22(31)14-23(28)29;1-2/h14-15,18-21,24H,8-13,16H2,1-7H3;1-2H3. The average Bonchev–Trinajstić information content (AvgIpc) is 2.84. The molecule has 0 radical (unpaired) electrons. The topological polar surface area (TPSA) is 60.4 Å². The molecule has 200 valence electrons. The number of methoxy groups -OCH3 is 1. The number of Topliss-reactive ketones (excluding diaryl/α,β-unsaturated/α-hetero) is 1. The number of hydrogen-bond acceptors (Lipinski definition) is 4. The van der Waals surface area contributed by atoms with Gasteiger partial charge in [-0.05, 0) is 92.1 Å². The molecule has 8 unspecified atom stereocenters. The Balaban J connectivity index is 0.00000148. The highest BCUT2D eigenvalue weighted by Gasteiger charge is 2.66. The molecule has 36 heavy (non-hydrogen) atoms. The van der Waals surface area contributed by atoms with E-state index in [1.54, 1.807) is 0 Å². The minimum Gasteiger partial charge on any atom is -0.469 e. The van der Waals surface area contributed by atoms with Crippen LogP contribution in [0.15, 0.2) is 23.3 Å². The molecule has 5 rings (SSSR count). The summed E-state index contributed by atoms with van der Waals surface area (Å²) in [6.45, 7) is 17.2. The predicted octanol–water partition coefficient (Wildman–Crippen LogP) is 7.12. The van der Waals surface area contributed by atoms with Crippen LogP contribution in [0.2, 0.25) is 0 Å². The number of carbonyl (C=O) groups is 3. The number of esters is 1. The van der Waals surface area contributed by atoms with Crippen molar-refractivity contribution in [2.75, 3.05) is 7.11 Å². The third kappa shape index (κ3) is 3.63. The van der Waals surface area contributed by atoms with E-state index in [0.717, 1.165) is 50.5 Å². The highest BCUT2D eigenvalue weighted by molar-refractivity contribution is 5.99. The molecule has 0 spiro atoms. The molecule has 0 amide bonds. The fourth-order valence-corrected chi connectivity index (χ4v) is 9.63. The van der Waals surface area contributed by atoms with Crippen molar-refractivity contribution >= 4 is 17.5 Å². The van der Waals surface area contributed by atoms with E-state index in [9.17, 15) is 14.4 Å². The number of rotatable bonds is 1. The Labute approximate surface area is 218 Å². The predicted molar refractivity (Wildman–Crippen MR) is 143 cm³/mol. The maximum Gasteiger partial charge on any atom is 0.312 e. The van der Waals surface area contributed by atoms with Gasteiger partial charge in [-0.1, -0.05) is 60.1 Å². The van der Waals surface area contributed by atoms with Gasteiger partial charge in [-0.25, -0.2) is 0 Å². The van der Waals surface area contributed by atoms with Gasteiger partial charge >= 0.3 is 5.97 Å². The Bertz CT molecular complexity index is 1020. The third-order valence-corrected chi connectivity index (χ3v) is 11.4. The number of ketones is 2. The molecule has 0 bridgehead atoms. The van der Waals surface area contributed by atoms with Crippen LogP contribution < -0.4 is 0 Å². The molecule has 5 aliphatic rings. The maximum atomic E-state index is 14.1. The van der Waals surface area contributed by atoms with E-state index in [1.165, 1.54) is 12.7 Å². The van der Waals surface area contributed by atoms with Crippen molar-refractivity contribution in [3.63, 3.8) is 0 Å². The van der Waals surface area contributed by atoms with Crippen molar-refractivity contribution in [3.05, 3.63) is 23.3 Å². The molecule has 0 N–H and O–H groups in total. The Morgan fingerprint density at radius 2 is 1.58 bits per heavy atom. The van der Waals surface area contributed by atoms with E-state index in [0.29, 0.717) is 0 Å². The summed E-state index contributed by atoms with van der Waals surface area (Å²) in [5.41, 5.74) is 1.36. The van der Waals surface area contributed by atoms with Gasteiger partial charge in [-0.15, -0.1) is 0 Å². The van der Waals surface area contributed by atoms with Crippen LogP contribution in [-0.2, 0) is 19.1 Å². The quantitative estimate of drug-likeness (QED) is 0.363. The van der Waals surface area contributed by atoms with E-state index in [-0.39, 0.29) is 63.4 Å². The first-order chi connectivity index (χ1) is 16.8. The van der Waals surface area contributed by atoms with Gasteiger partial charge < -0.3 is 4.74 Å². The monoisotopic (exact) mass is 496 g/mol. The highest BCUT2D eigenvalue weighted by atomic mass is 16.5. The lowest BCUT2D eigenvalue weighted by molar-refractivity contribution is -0.177. The minimum absolute atomic E-state index is 0.00857. The van der Waals surface area contributed by atoms with Crippen molar-refractivity contribution in [3.8, 4) is 0 Å². The molecule has 5 aliphatic carbocycles. The van der Waals surface area contributed by atoms with Crippen LogP contribution in [0.25, 0.3) is 0 Å². The Kier molecular flexibility index (Phi) is 6.79. The maximum absolute atomic E-state index is 14.1. The van der Waals surface area contributed by atoms with Gasteiger partial charge in [-0.2, -0.15) is 0 Å². The van der Waals surface area contributed by atoms with Gasteiger partial charge in [0, 0.05) is 17.3 Å². The van der Waals surface area contributed by atoms with Gasteiger partial charge in [0.05, 0.1) is 12.5 Å². The van der Waals surface area contributed by atoms with E-state index in [4.69, 9.17) is 4.74 Å². The third-order valence-electron chi connectivity index (χ3n) is 11.4. The van der Waals surface area contributed by atoms with Gasteiger partial charge in [0.1, 0.15) is 0 Å². The van der Waals surface area contributed by atoms with Crippen molar-refractivity contribution in [1.82, 2.24) is 0 Å². The molecule has 0 aromatic carbocycles. The number of carbonyl (C=O) groups excluding carboxylic acids is 3. The number of allylic oxidation sites excluding steroid dienone is 4. The van der Waals surface area contributed by atoms with Crippen LogP contribution in [0, 0.1) is 51.2 Å². The zero-order chi connectivity index (χ0) is 26.8. The molecule has 0 aromatic heterocycles. The van der Waals surface area contributed by atoms with E-state index in [2.05, 4.69) is 40.7 Å². The smallest absolute Gasteiger partial charge is 0.312 e. The summed E-state index contributed by atoms with van der Waals surface area (Å²) in [5, 5.41) is 0. The first kappa shape index (κ1) is 27.3. The second-order valence-electron chi connectivity index (χ2n) is 13.6. The summed E-state index contributed by atoms with van der Waals surface area (Å²) in [6, 6.07) is 0. The van der Waals surface area contributed by atoms with Crippen molar-refractivity contribution in [1.29, 1.82) is 0 Å². The SMILES string of the molecule is CC.COC(=O)C12CCC3C(C(=O)C=C4C5(C)C=C(C)C(=O)C(C)C5CCC43C)C1CC(C)(C)CC2. The first-order valence-corrected chi connectivity index (χ1v) is 14.4. The van der Waals surface area contributed by atoms with Crippen LogP contribution in [0.1, 0.15) is 100 Å². The minimum atomic E-state index is -0.522. The summed E-state index contributed by atoms with van der Waals surface area (Å²) in [6.07, 6.45) is 10.6. The molecule has 4 nitrogen and oxygen atoms in total. The molecule has 0 saturated heterocycles. The fraction of sp³-hybridized carbons (Fsp3) is 0.781. The lowest BCUT2D eigenvalue weighted by atomic mass is 9.39. The zero-order valence-electron chi connectivity index (χ0n) is 24.1. The Morgan fingerprint density at radius 1 is 0.944 bits per heavy atom. The van der Waals surface area contributed by atoms with Crippen molar-refractivity contribution in [2.45, 2.75) is 100 Å². The van der Waals surface area contributed by atoms with Crippen LogP contribution in [-0.4, -0.2) is 24.6 Å². The molecular weight excluding hydrogens is 448 g/mol. The molecule has 0 aromatic rings. The molecule has 8 atom stereocenters. The molecule has 4 heteroatoms. The van der Waals surface area contributed by atoms with Crippen molar-refractivity contribution in [2.24, 2.45) is 51.2 Å². The molecule has 0 heterocycles. The summed E-state index contributed by atoms with van der Waals surface area (Å²) >= 11 is 0. The van der Waals surface area contributed by atoms with Gasteiger partial charge in [-0.3, -0.25) is 14.4 Å². The lowest BCUT2D eigenvalue weighted by Crippen LogP contribution is -2.61. The largest absolute Gasteiger partial charge is 0.469 e. The molecule has 0 aliphatic heterocycles. The Hall–Kier alpha value is -1.71. The van der Waals surface area contributed by atoms with Gasteiger partial charge in [0.15, 0.2) is 11.6 Å². The molecule has 3 fully saturated rings. The molecule has 3 saturated carbocycles. The van der Waals surface area contributed by atoms with Crippen LogP contribution >= 0.6 is 0 Å². The normalized spacial score (nSPS) is 44.9. The Morgan fingerprint density at radius 3 is 2.22 bits per heavy atom. The summed E-state index contributed by atoms with van der Waals surface area (Å²) in [7, 11) is 1.50. The number of ether oxygens (including phenoxy) is 1. The zero-order valence-corrected chi connectivity index (χ0v) is 24.1. The first-order valence-electron chi connectivity index (χ1n) is 14.4. The van der Waals surface area contributed by atoms with Crippen LogP contribution in [0.5, 0.6) is 0 Å². The summed E-state index contributed by atoms with van der Waals surface area (Å²) in [5.74, 6) is 0.782. The second kappa shape index (κ2) is 8.95. The summed E-state index contributed by atoms with van der Waals surface area (Å²) < 4.78 is 5.38. The van der Waals surface area contributed by atoms with E-state index in [1.807, 2.05) is 26.8 Å².